The van der Waals surface area contributed by atoms with Gasteiger partial charge < -0.3 is 10.5 Å². The molecule has 0 bridgehead atoms. The maximum atomic E-state index is 6.21. The number of rotatable bonds is 1. The highest BCUT2D eigenvalue weighted by atomic mass is 16.5. The molecule has 1 heterocycles. The zero-order valence-corrected chi connectivity index (χ0v) is 9.83. The summed E-state index contributed by atoms with van der Waals surface area (Å²) in [7, 11) is 0. The van der Waals surface area contributed by atoms with Crippen LogP contribution in [0.3, 0.4) is 0 Å². The lowest BCUT2D eigenvalue weighted by Gasteiger charge is -2.17. The molecule has 1 aromatic carbocycles. The van der Waals surface area contributed by atoms with Gasteiger partial charge in [0.25, 0.3) is 0 Å². The van der Waals surface area contributed by atoms with Crippen molar-refractivity contribution in [2.75, 3.05) is 0 Å². The van der Waals surface area contributed by atoms with Crippen molar-refractivity contribution in [3.05, 3.63) is 28.8 Å². The van der Waals surface area contributed by atoms with Crippen LogP contribution in [0.4, 0.5) is 0 Å². The van der Waals surface area contributed by atoms with E-state index in [9.17, 15) is 0 Å². The summed E-state index contributed by atoms with van der Waals surface area (Å²) in [5.74, 6) is 1.04. The number of hydrogen-bond acceptors (Lipinski definition) is 2. The van der Waals surface area contributed by atoms with Crippen molar-refractivity contribution < 1.29 is 4.74 Å². The van der Waals surface area contributed by atoms with Gasteiger partial charge in [-0.25, -0.2) is 0 Å². The van der Waals surface area contributed by atoms with Crippen LogP contribution in [0.1, 0.15) is 48.9 Å². The third kappa shape index (κ3) is 1.44. The molecule has 1 aromatic rings. The Morgan fingerprint density at radius 3 is 2.62 bits per heavy atom. The molecule has 2 atom stereocenters. The van der Waals surface area contributed by atoms with Crippen molar-refractivity contribution in [3.8, 4) is 5.75 Å². The maximum Gasteiger partial charge on any atom is 0.125 e. The van der Waals surface area contributed by atoms with E-state index in [0.29, 0.717) is 0 Å². The number of benzene rings is 1. The van der Waals surface area contributed by atoms with Gasteiger partial charge in [-0.05, 0) is 49.3 Å². The van der Waals surface area contributed by atoms with E-state index in [-0.39, 0.29) is 12.1 Å². The van der Waals surface area contributed by atoms with E-state index in [4.69, 9.17) is 10.5 Å². The highest BCUT2D eigenvalue weighted by Crippen LogP contribution is 2.39. The van der Waals surface area contributed by atoms with Crippen LogP contribution in [0, 0.1) is 0 Å². The Kier molecular flexibility index (Phi) is 2.40. The van der Waals surface area contributed by atoms with Gasteiger partial charge in [0.2, 0.25) is 0 Å². The topological polar surface area (TPSA) is 35.2 Å². The minimum absolute atomic E-state index is 0.0761. The van der Waals surface area contributed by atoms with Gasteiger partial charge in [0.05, 0.1) is 6.04 Å². The minimum atomic E-state index is 0.0761. The van der Waals surface area contributed by atoms with E-state index in [1.54, 1.807) is 0 Å². The second-order valence-electron chi connectivity index (χ2n) is 4.96. The molecule has 0 spiro atoms. The third-order valence-corrected chi connectivity index (χ3v) is 3.91. The van der Waals surface area contributed by atoms with Crippen LogP contribution >= 0.6 is 0 Å². The van der Waals surface area contributed by atoms with Crippen molar-refractivity contribution in [1.82, 2.24) is 0 Å². The molecule has 2 nitrogen and oxygen atoms in total. The summed E-state index contributed by atoms with van der Waals surface area (Å²) in [4.78, 5) is 0. The standard InChI is InChI=1S/C14H19NO/c1-2-12-14(15)11-7-9-5-3-4-6-10(9)8-13(11)16-12/h7-8,12,14H,2-6,15H2,1H3. The van der Waals surface area contributed by atoms with Crippen LogP contribution in [0.15, 0.2) is 12.1 Å². The second kappa shape index (κ2) is 3.77. The lowest BCUT2D eigenvalue weighted by Crippen LogP contribution is -2.24. The zero-order valence-electron chi connectivity index (χ0n) is 9.83. The van der Waals surface area contributed by atoms with Gasteiger partial charge in [-0.1, -0.05) is 13.0 Å². The normalized spacial score (nSPS) is 27.1. The Bertz CT molecular complexity index is 413. The fraction of sp³-hybridized carbons (Fsp3) is 0.571. The fourth-order valence-corrected chi connectivity index (χ4v) is 2.92. The molecule has 86 valence electrons. The first kappa shape index (κ1) is 10.2. The Hall–Kier alpha value is -1.02. The average Bonchev–Trinajstić information content (AvgIpc) is 2.63. The van der Waals surface area contributed by atoms with Crippen molar-refractivity contribution in [1.29, 1.82) is 0 Å². The van der Waals surface area contributed by atoms with Crippen molar-refractivity contribution in [2.45, 2.75) is 51.2 Å². The van der Waals surface area contributed by atoms with Gasteiger partial charge in [0.1, 0.15) is 11.9 Å². The predicted molar refractivity (Wildman–Crippen MR) is 64.7 cm³/mol. The van der Waals surface area contributed by atoms with Crippen molar-refractivity contribution >= 4 is 0 Å². The van der Waals surface area contributed by atoms with E-state index in [2.05, 4.69) is 19.1 Å². The molecule has 2 heteroatoms. The summed E-state index contributed by atoms with van der Waals surface area (Å²) in [6.45, 7) is 2.14. The van der Waals surface area contributed by atoms with E-state index in [1.807, 2.05) is 0 Å². The molecule has 0 fully saturated rings. The van der Waals surface area contributed by atoms with Gasteiger partial charge in [0.15, 0.2) is 0 Å². The SMILES string of the molecule is CCC1Oc2cc3c(cc2C1N)CCCC3. The molecular weight excluding hydrogens is 198 g/mol. The van der Waals surface area contributed by atoms with E-state index < -0.39 is 0 Å². The van der Waals surface area contributed by atoms with E-state index in [1.165, 1.54) is 42.4 Å². The minimum Gasteiger partial charge on any atom is -0.488 e. The van der Waals surface area contributed by atoms with Crippen molar-refractivity contribution in [2.24, 2.45) is 5.73 Å². The molecule has 0 saturated heterocycles. The average molecular weight is 217 g/mol. The third-order valence-electron chi connectivity index (χ3n) is 3.91. The molecule has 1 aliphatic carbocycles. The van der Waals surface area contributed by atoms with Crippen molar-refractivity contribution in [3.63, 3.8) is 0 Å². The molecule has 3 rings (SSSR count). The van der Waals surface area contributed by atoms with Gasteiger partial charge in [-0.3, -0.25) is 0 Å². The smallest absolute Gasteiger partial charge is 0.125 e. The Morgan fingerprint density at radius 1 is 1.25 bits per heavy atom. The molecule has 2 aliphatic rings. The molecule has 0 radical (unpaired) electrons. The highest BCUT2D eigenvalue weighted by molar-refractivity contribution is 5.48. The van der Waals surface area contributed by atoms with Gasteiger partial charge >= 0.3 is 0 Å². The van der Waals surface area contributed by atoms with Crippen LogP contribution in [-0.4, -0.2) is 6.10 Å². The summed E-state index contributed by atoms with van der Waals surface area (Å²) in [5, 5.41) is 0. The summed E-state index contributed by atoms with van der Waals surface area (Å²) in [6, 6.07) is 4.61. The Labute approximate surface area is 96.8 Å². The van der Waals surface area contributed by atoms with Crippen LogP contribution in [0.5, 0.6) is 5.75 Å². The van der Waals surface area contributed by atoms with Gasteiger partial charge in [-0.2, -0.15) is 0 Å². The molecule has 1 aliphatic heterocycles. The number of aryl methyl sites for hydroxylation is 2. The van der Waals surface area contributed by atoms with Crippen LogP contribution in [0.25, 0.3) is 0 Å². The van der Waals surface area contributed by atoms with Crippen LogP contribution in [-0.2, 0) is 12.8 Å². The molecular formula is C14H19NO. The lowest BCUT2D eigenvalue weighted by atomic mass is 9.88. The monoisotopic (exact) mass is 217 g/mol. The molecule has 0 saturated carbocycles. The quantitative estimate of drug-likeness (QED) is 0.785. The number of fused-ring (bicyclic) bond motifs is 2. The highest BCUT2D eigenvalue weighted by Gasteiger charge is 2.31. The maximum absolute atomic E-state index is 6.21. The van der Waals surface area contributed by atoms with E-state index in [0.717, 1.165) is 12.2 Å². The summed E-state index contributed by atoms with van der Waals surface area (Å²) < 4.78 is 5.91. The van der Waals surface area contributed by atoms with Crippen LogP contribution in [0.2, 0.25) is 0 Å². The number of ether oxygens (including phenoxy) is 1. The molecule has 0 aromatic heterocycles. The summed E-state index contributed by atoms with van der Waals surface area (Å²) in [5.41, 5.74) is 10.4. The molecule has 16 heavy (non-hydrogen) atoms. The summed E-state index contributed by atoms with van der Waals surface area (Å²) >= 11 is 0. The Morgan fingerprint density at radius 2 is 1.94 bits per heavy atom. The Balaban J connectivity index is 2.02. The van der Waals surface area contributed by atoms with E-state index >= 15 is 0 Å². The van der Waals surface area contributed by atoms with Gasteiger partial charge in [-0.15, -0.1) is 0 Å². The molecule has 2 N–H and O–H groups in total. The van der Waals surface area contributed by atoms with Crippen LogP contribution < -0.4 is 10.5 Å². The first-order valence-electron chi connectivity index (χ1n) is 6.37. The first-order valence-corrected chi connectivity index (χ1v) is 6.37. The molecule has 0 amide bonds. The first-order chi connectivity index (χ1) is 7.79. The zero-order chi connectivity index (χ0) is 11.1. The predicted octanol–water partition coefficient (Wildman–Crippen LogP) is 2.74. The fourth-order valence-electron chi connectivity index (χ4n) is 2.92. The largest absolute Gasteiger partial charge is 0.488 e. The number of nitrogens with two attached hydrogens (primary N) is 1. The van der Waals surface area contributed by atoms with Gasteiger partial charge in [0, 0.05) is 5.56 Å². The summed E-state index contributed by atoms with van der Waals surface area (Å²) in [6.07, 6.45) is 6.22. The second-order valence-corrected chi connectivity index (χ2v) is 4.96. The number of hydrogen-bond donors (Lipinski definition) is 1. The lowest BCUT2D eigenvalue weighted by molar-refractivity contribution is 0.202. The molecule has 2 unspecified atom stereocenters.